The third-order valence-electron chi connectivity index (χ3n) is 2.56. The molecule has 0 saturated carbocycles. The van der Waals surface area contributed by atoms with Gasteiger partial charge in [-0.3, -0.25) is 9.59 Å². The van der Waals surface area contributed by atoms with Crippen LogP contribution in [-0.4, -0.2) is 17.0 Å². The highest BCUT2D eigenvalue weighted by atomic mass is 127. The molecule has 110 valence electrons. The molecule has 1 amide bonds. The summed E-state index contributed by atoms with van der Waals surface area (Å²) in [5, 5.41) is 11.3. The van der Waals surface area contributed by atoms with Crippen molar-refractivity contribution >= 4 is 85.3 Å². The minimum Gasteiger partial charge on any atom is -0.481 e. The van der Waals surface area contributed by atoms with Gasteiger partial charge in [-0.25, -0.2) is 0 Å². The number of hydrogen-bond donors (Lipinski definition) is 3. The maximum absolute atomic E-state index is 11.6. The van der Waals surface area contributed by atoms with E-state index in [4.69, 9.17) is 10.8 Å². The lowest BCUT2D eigenvalue weighted by molar-refractivity contribution is -0.137. The molecule has 0 heterocycles. The van der Waals surface area contributed by atoms with Gasteiger partial charge in [0.15, 0.2) is 0 Å². The van der Waals surface area contributed by atoms with Crippen LogP contribution < -0.4 is 11.1 Å². The SMILES string of the molecule is Nc1c(I)cc(I)c(CNC(=O)CCCC(=O)O)c1I. The molecule has 5 nitrogen and oxygen atoms in total. The highest BCUT2D eigenvalue weighted by Crippen LogP contribution is 2.29. The van der Waals surface area contributed by atoms with Crippen molar-refractivity contribution in [1.29, 1.82) is 0 Å². The molecular weight excluding hydrogens is 601 g/mol. The summed E-state index contributed by atoms with van der Waals surface area (Å²) in [6, 6.07) is 1.98. The van der Waals surface area contributed by atoms with Crippen LogP contribution in [0.5, 0.6) is 0 Å². The Morgan fingerprint density at radius 2 is 1.85 bits per heavy atom. The lowest BCUT2D eigenvalue weighted by atomic mass is 10.2. The van der Waals surface area contributed by atoms with E-state index in [9.17, 15) is 9.59 Å². The first-order valence-electron chi connectivity index (χ1n) is 5.73. The Labute approximate surface area is 157 Å². The number of nitrogens with two attached hydrogens (primary N) is 1. The minimum absolute atomic E-state index is 0.0129. The average molecular weight is 614 g/mol. The molecule has 1 rings (SSSR count). The van der Waals surface area contributed by atoms with Crippen LogP contribution in [0.4, 0.5) is 5.69 Å². The standard InChI is InChI=1S/C12H13I3N2O3/c13-7-4-8(14)12(16)11(15)6(7)5-17-9(18)2-1-3-10(19)20/h4H,1-3,5,16H2,(H,17,18)(H,19,20). The molecule has 0 aliphatic rings. The Bertz CT molecular complexity index is 535. The second-order valence-electron chi connectivity index (χ2n) is 4.07. The van der Waals surface area contributed by atoms with E-state index in [-0.39, 0.29) is 18.7 Å². The van der Waals surface area contributed by atoms with Crippen LogP contribution in [0, 0.1) is 10.7 Å². The fraction of sp³-hybridized carbons (Fsp3) is 0.333. The van der Waals surface area contributed by atoms with Crippen molar-refractivity contribution in [2.75, 3.05) is 5.73 Å². The Morgan fingerprint density at radius 3 is 2.45 bits per heavy atom. The smallest absolute Gasteiger partial charge is 0.303 e. The number of nitrogen functional groups attached to an aromatic ring is 1. The highest BCUT2D eigenvalue weighted by Gasteiger charge is 2.13. The van der Waals surface area contributed by atoms with Gasteiger partial charge in [-0.15, -0.1) is 0 Å². The van der Waals surface area contributed by atoms with Gasteiger partial charge < -0.3 is 16.2 Å². The zero-order valence-electron chi connectivity index (χ0n) is 10.4. The van der Waals surface area contributed by atoms with Crippen molar-refractivity contribution < 1.29 is 14.7 Å². The maximum Gasteiger partial charge on any atom is 0.303 e. The summed E-state index contributed by atoms with van der Waals surface area (Å²) >= 11 is 6.58. The summed E-state index contributed by atoms with van der Waals surface area (Å²) in [6.07, 6.45) is 0.586. The number of anilines is 1. The van der Waals surface area contributed by atoms with Crippen molar-refractivity contribution in [1.82, 2.24) is 5.32 Å². The first kappa shape index (κ1) is 18.2. The highest BCUT2D eigenvalue weighted by molar-refractivity contribution is 14.1. The predicted octanol–water partition coefficient (Wildman–Crippen LogP) is 2.95. The number of carbonyl (C=O) groups excluding carboxylic acids is 1. The molecule has 1 aromatic carbocycles. The molecule has 0 radical (unpaired) electrons. The van der Waals surface area contributed by atoms with Crippen molar-refractivity contribution in [3.63, 3.8) is 0 Å². The van der Waals surface area contributed by atoms with Gasteiger partial charge >= 0.3 is 5.97 Å². The molecule has 0 aliphatic carbocycles. The number of hydrogen-bond acceptors (Lipinski definition) is 3. The summed E-state index contributed by atoms with van der Waals surface area (Å²) in [7, 11) is 0. The Balaban J connectivity index is 2.60. The van der Waals surface area contributed by atoms with Crippen molar-refractivity contribution in [3.05, 3.63) is 22.3 Å². The third kappa shape index (κ3) is 5.50. The summed E-state index contributed by atoms with van der Waals surface area (Å²) in [4.78, 5) is 22.0. The quantitative estimate of drug-likeness (QED) is 0.340. The molecule has 0 bridgehead atoms. The summed E-state index contributed by atoms with van der Waals surface area (Å²) in [5.74, 6) is -1.03. The lowest BCUT2D eigenvalue weighted by Gasteiger charge is -2.12. The second-order valence-corrected chi connectivity index (χ2v) is 7.47. The van der Waals surface area contributed by atoms with Crippen LogP contribution in [0.1, 0.15) is 24.8 Å². The fourth-order valence-electron chi connectivity index (χ4n) is 1.49. The van der Waals surface area contributed by atoms with E-state index < -0.39 is 5.97 Å². The van der Waals surface area contributed by atoms with E-state index in [1.807, 2.05) is 6.07 Å². The first-order chi connectivity index (χ1) is 9.32. The van der Waals surface area contributed by atoms with E-state index in [0.717, 1.165) is 22.0 Å². The predicted molar refractivity (Wildman–Crippen MR) is 102 cm³/mol. The zero-order chi connectivity index (χ0) is 15.3. The number of carboxylic acids is 1. The maximum atomic E-state index is 11.6. The number of nitrogens with one attached hydrogen (secondary N) is 1. The van der Waals surface area contributed by atoms with Crippen LogP contribution in [-0.2, 0) is 16.1 Å². The van der Waals surface area contributed by atoms with Crippen LogP contribution in [0.15, 0.2) is 6.07 Å². The molecule has 0 unspecified atom stereocenters. The van der Waals surface area contributed by atoms with Gasteiger partial charge in [-0.05, 0) is 80.3 Å². The number of halogens is 3. The molecule has 0 aromatic heterocycles. The number of carbonyl (C=O) groups is 2. The number of carboxylic acid groups (broad SMARTS) is 1. The van der Waals surface area contributed by atoms with Gasteiger partial charge in [0.2, 0.25) is 5.91 Å². The number of benzene rings is 1. The summed E-state index contributed by atoms with van der Waals surface area (Å²) in [6.45, 7) is 0.406. The Hall–Kier alpha value is 0.150. The molecule has 4 N–H and O–H groups in total. The van der Waals surface area contributed by atoms with Crippen molar-refractivity contribution in [2.24, 2.45) is 0 Å². The zero-order valence-corrected chi connectivity index (χ0v) is 16.9. The number of amides is 1. The first-order valence-corrected chi connectivity index (χ1v) is 8.97. The molecule has 0 atom stereocenters. The largest absolute Gasteiger partial charge is 0.481 e. The normalized spacial score (nSPS) is 10.3. The van der Waals surface area contributed by atoms with Gasteiger partial charge in [-0.2, -0.15) is 0 Å². The van der Waals surface area contributed by atoms with E-state index in [1.54, 1.807) is 0 Å². The average Bonchev–Trinajstić information content (AvgIpc) is 2.35. The number of aliphatic carboxylic acids is 1. The van der Waals surface area contributed by atoms with Gasteiger partial charge in [0.25, 0.3) is 0 Å². The molecule has 20 heavy (non-hydrogen) atoms. The molecule has 0 spiro atoms. The topological polar surface area (TPSA) is 92.4 Å². The van der Waals surface area contributed by atoms with Gasteiger partial charge in [0, 0.05) is 35.7 Å². The van der Waals surface area contributed by atoms with Crippen LogP contribution >= 0.6 is 67.8 Å². The molecule has 0 fully saturated rings. The molecule has 1 aromatic rings. The van der Waals surface area contributed by atoms with Gasteiger partial charge in [0.05, 0.1) is 5.69 Å². The van der Waals surface area contributed by atoms with Crippen LogP contribution in [0.25, 0.3) is 0 Å². The second kappa shape index (κ2) is 8.56. The molecule has 0 saturated heterocycles. The Morgan fingerprint density at radius 1 is 1.20 bits per heavy atom. The molecule has 0 aliphatic heterocycles. The van der Waals surface area contributed by atoms with Gasteiger partial charge in [0.1, 0.15) is 0 Å². The summed E-state index contributed by atoms with van der Waals surface area (Å²) < 4.78 is 2.99. The molecule has 8 heteroatoms. The fourth-order valence-corrected chi connectivity index (χ4v) is 5.24. The van der Waals surface area contributed by atoms with Crippen molar-refractivity contribution in [2.45, 2.75) is 25.8 Å². The molecular formula is C12H13I3N2O3. The third-order valence-corrected chi connectivity index (χ3v) is 5.64. The van der Waals surface area contributed by atoms with Crippen LogP contribution in [0.3, 0.4) is 0 Å². The van der Waals surface area contributed by atoms with E-state index in [0.29, 0.717) is 13.0 Å². The lowest BCUT2D eigenvalue weighted by Crippen LogP contribution is -2.24. The van der Waals surface area contributed by atoms with Crippen molar-refractivity contribution in [3.8, 4) is 0 Å². The number of rotatable bonds is 6. The van der Waals surface area contributed by atoms with E-state index >= 15 is 0 Å². The minimum atomic E-state index is -0.882. The van der Waals surface area contributed by atoms with Crippen LogP contribution in [0.2, 0.25) is 0 Å². The van der Waals surface area contributed by atoms with Gasteiger partial charge in [-0.1, -0.05) is 0 Å². The van der Waals surface area contributed by atoms with E-state index in [2.05, 4.69) is 73.1 Å². The monoisotopic (exact) mass is 614 g/mol. The summed E-state index contributed by atoms with van der Waals surface area (Å²) in [5.41, 5.74) is 7.69. The Kier molecular flexibility index (Phi) is 7.79. The van der Waals surface area contributed by atoms with E-state index in [1.165, 1.54) is 0 Å².